The summed E-state index contributed by atoms with van der Waals surface area (Å²) in [4.78, 5) is 8.87. The van der Waals surface area contributed by atoms with Gasteiger partial charge in [-0.3, -0.25) is 0 Å². The molecule has 5 aromatic rings. The summed E-state index contributed by atoms with van der Waals surface area (Å²) in [6.45, 7) is 3.08. The van der Waals surface area contributed by atoms with Crippen molar-refractivity contribution in [3.8, 4) is 34.1 Å². The van der Waals surface area contributed by atoms with Crippen LogP contribution in [0.15, 0.2) is 95.7 Å². The molecule has 0 aliphatic heterocycles. The molecule has 0 aliphatic carbocycles. The van der Waals surface area contributed by atoms with Crippen molar-refractivity contribution in [3.05, 3.63) is 96.8 Å². The van der Waals surface area contributed by atoms with Crippen LogP contribution in [-0.4, -0.2) is 29.8 Å². The van der Waals surface area contributed by atoms with E-state index in [2.05, 4.69) is 29.0 Å². The van der Waals surface area contributed by atoms with E-state index in [1.807, 2.05) is 72.8 Å². The molecule has 5 rings (SSSR count). The molecule has 0 radical (unpaired) electrons. The first kappa shape index (κ1) is 23.6. The number of hydrogen-bond donors (Lipinski definition) is 0. The minimum atomic E-state index is 0.0350. The first-order valence-corrected chi connectivity index (χ1v) is 12.0. The van der Waals surface area contributed by atoms with E-state index in [0.717, 1.165) is 45.6 Å². The van der Waals surface area contributed by atoms with Crippen molar-refractivity contribution >= 4 is 11.1 Å². The van der Waals surface area contributed by atoms with Crippen LogP contribution in [0.1, 0.15) is 18.9 Å². The molecule has 6 nitrogen and oxygen atoms in total. The fourth-order valence-corrected chi connectivity index (χ4v) is 4.06. The zero-order valence-corrected chi connectivity index (χ0v) is 20.4. The molecular formula is C30H28N2O4. The molecule has 1 atom stereocenters. The van der Waals surface area contributed by atoms with Gasteiger partial charge in [-0.2, -0.15) is 0 Å². The molecule has 2 aromatic heterocycles. The number of nitrogens with zero attached hydrogens (tertiary/aromatic N) is 2. The molecule has 1 unspecified atom stereocenters. The normalized spacial score (nSPS) is 11.9. The van der Waals surface area contributed by atoms with Crippen molar-refractivity contribution in [2.45, 2.75) is 26.1 Å². The summed E-state index contributed by atoms with van der Waals surface area (Å²) >= 11 is 0. The van der Waals surface area contributed by atoms with Gasteiger partial charge in [0.2, 0.25) is 11.6 Å². The molecule has 0 N–H and O–H groups in total. The SMILES string of the molecule is COc1ccc(-c2c(-c3ccccc3)oc3ncnc(OCCC(C)OCc4ccccc4)c23)cc1. The third-order valence-electron chi connectivity index (χ3n) is 6.01. The van der Waals surface area contributed by atoms with E-state index < -0.39 is 0 Å². The lowest BCUT2D eigenvalue weighted by Gasteiger charge is -2.14. The highest BCUT2D eigenvalue weighted by Crippen LogP contribution is 2.43. The number of methoxy groups -OCH3 is 1. The Kier molecular flexibility index (Phi) is 7.24. The zero-order valence-electron chi connectivity index (χ0n) is 20.4. The molecule has 182 valence electrons. The second-order valence-corrected chi connectivity index (χ2v) is 8.50. The summed E-state index contributed by atoms with van der Waals surface area (Å²) in [7, 11) is 1.65. The molecule has 0 amide bonds. The average Bonchev–Trinajstić information content (AvgIpc) is 3.33. The Morgan fingerprint density at radius 2 is 1.56 bits per heavy atom. The quantitative estimate of drug-likeness (QED) is 0.216. The van der Waals surface area contributed by atoms with Crippen LogP contribution in [0, 0.1) is 0 Å². The molecule has 36 heavy (non-hydrogen) atoms. The summed E-state index contributed by atoms with van der Waals surface area (Å²) in [5.74, 6) is 2.00. The molecule has 0 saturated heterocycles. The predicted molar refractivity (Wildman–Crippen MR) is 140 cm³/mol. The van der Waals surface area contributed by atoms with Gasteiger partial charge in [0.1, 0.15) is 23.2 Å². The first-order chi connectivity index (χ1) is 17.7. The van der Waals surface area contributed by atoms with Crippen molar-refractivity contribution in [1.29, 1.82) is 0 Å². The van der Waals surface area contributed by atoms with Crippen molar-refractivity contribution in [3.63, 3.8) is 0 Å². The molecule has 6 heteroatoms. The Morgan fingerprint density at radius 3 is 2.28 bits per heavy atom. The zero-order chi connectivity index (χ0) is 24.7. The standard InChI is InChI=1S/C30H28N2O4/c1-21(35-19-22-9-5-3-6-10-22)17-18-34-29-27-26(23-13-15-25(33-2)16-14-23)28(24-11-7-4-8-12-24)36-30(27)32-20-31-29/h3-16,20-21H,17-19H2,1-2H3. The first-order valence-electron chi connectivity index (χ1n) is 12.0. The lowest BCUT2D eigenvalue weighted by molar-refractivity contribution is 0.0384. The summed E-state index contributed by atoms with van der Waals surface area (Å²) in [5.41, 5.74) is 4.45. The fourth-order valence-electron chi connectivity index (χ4n) is 4.06. The van der Waals surface area contributed by atoms with Crippen molar-refractivity contribution in [2.24, 2.45) is 0 Å². The summed E-state index contributed by atoms with van der Waals surface area (Å²) < 4.78 is 23.8. The van der Waals surface area contributed by atoms with Crippen LogP contribution in [-0.2, 0) is 11.3 Å². The van der Waals surface area contributed by atoms with E-state index in [4.69, 9.17) is 18.6 Å². The van der Waals surface area contributed by atoms with Crippen molar-refractivity contribution in [2.75, 3.05) is 13.7 Å². The molecule has 0 bridgehead atoms. The maximum Gasteiger partial charge on any atom is 0.234 e. The molecule has 0 spiro atoms. The molecule has 3 aromatic carbocycles. The number of fused-ring (bicyclic) bond motifs is 1. The Hall–Kier alpha value is -4.16. The summed E-state index contributed by atoms with van der Waals surface area (Å²) in [6, 6.07) is 28.0. The van der Waals surface area contributed by atoms with Crippen LogP contribution in [0.25, 0.3) is 33.6 Å². The number of benzene rings is 3. The van der Waals surface area contributed by atoms with Gasteiger partial charge < -0.3 is 18.6 Å². The van der Waals surface area contributed by atoms with Crippen molar-refractivity contribution in [1.82, 2.24) is 9.97 Å². The summed E-state index contributed by atoms with van der Waals surface area (Å²) in [6.07, 6.45) is 2.23. The van der Waals surface area contributed by atoms with Crippen LogP contribution >= 0.6 is 0 Å². The Morgan fingerprint density at radius 1 is 0.833 bits per heavy atom. The number of ether oxygens (including phenoxy) is 3. The van der Waals surface area contributed by atoms with Gasteiger partial charge >= 0.3 is 0 Å². The smallest absolute Gasteiger partial charge is 0.234 e. The monoisotopic (exact) mass is 480 g/mol. The maximum atomic E-state index is 6.26. The van der Waals surface area contributed by atoms with Gasteiger partial charge in [-0.15, -0.1) is 0 Å². The van der Waals surface area contributed by atoms with Gasteiger partial charge in [0.05, 0.1) is 26.4 Å². The highest BCUT2D eigenvalue weighted by Gasteiger charge is 2.23. The van der Waals surface area contributed by atoms with Crippen LogP contribution in [0.3, 0.4) is 0 Å². The van der Waals surface area contributed by atoms with Gasteiger partial charge in [0.15, 0.2) is 0 Å². The molecule has 0 aliphatic rings. The second-order valence-electron chi connectivity index (χ2n) is 8.50. The topological polar surface area (TPSA) is 66.6 Å². The highest BCUT2D eigenvalue weighted by molar-refractivity contribution is 6.03. The van der Waals surface area contributed by atoms with Gasteiger partial charge in [0, 0.05) is 17.5 Å². The maximum absolute atomic E-state index is 6.26. The van der Waals surface area contributed by atoms with Gasteiger partial charge in [-0.1, -0.05) is 72.8 Å². The average molecular weight is 481 g/mol. The van der Waals surface area contributed by atoms with E-state index in [1.54, 1.807) is 7.11 Å². The molecule has 0 fully saturated rings. The Bertz CT molecular complexity index is 1400. The number of aromatic nitrogens is 2. The van der Waals surface area contributed by atoms with Crippen LogP contribution in [0.5, 0.6) is 11.6 Å². The van der Waals surface area contributed by atoms with Crippen molar-refractivity contribution < 1.29 is 18.6 Å². The number of hydrogen-bond acceptors (Lipinski definition) is 6. The highest BCUT2D eigenvalue weighted by atomic mass is 16.5. The van der Waals surface area contributed by atoms with E-state index in [0.29, 0.717) is 24.8 Å². The predicted octanol–water partition coefficient (Wildman–Crippen LogP) is 6.94. The minimum absolute atomic E-state index is 0.0350. The largest absolute Gasteiger partial charge is 0.497 e. The van der Waals surface area contributed by atoms with Crippen LogP contribution in [0.4, 0.5) is 0 Å². The third kappa shape index (κ3) is 5.24. The molecular weight excluding hydrogens is 452 g/mol. The molecule has 2 heterocycles. The number of furan rings is 1. The van der Waals surface area contributed by atoms with Gasteiger partial charge in [-0.05, 0) is 30.2 Å². The van der Waals surface area contributed by atoms with Crippen LogP contribution < -0.4 is 9.47 Å². The van der Waals surface area contributed by atoms with Crippen LogP contribution in [0.2, 0.25) is 0 Å². The van der Waals surface area contributed by atoms with E-state index >= 15 is 0 Å². The van der Waals surface area contributed by atoms with E-state index in [-0.39, 0.29) is 6.10 Å². The van der Waals surface area contributed by atoms with Gasteiger partial charge in [0.25, 0.3) is 0 Å². The second kappa shape index (κ2) is 11.1. The lowest BCUT2D eigenvalue weighted by atomic mass is 9.99. The number of rotatable bonds is 10. The van der Waals surface area contributed by atoms with E-state index in [1.165, 1.54) is 6.33 Å². The van der Waals surface area contributed by atoms with Gasteiger partial charge in [-0.25, -0.2) is 9.97 Å². The Labute approximate surface area is 210 Å². The summed E-state index contributed by atoms with van der Waals surface area (Å²) in [5, 5.41) is 0.749. The Balaban J connectivity index is 1.41. The minimum Gasteiger partial charge on any atom is -0.497 e. The molecule has 0 saturated carbocycles. The fraction of sp³-hybridized carbons (Fsp3) is 0.200. The lowest BCUT2D eigenvalue weighted by Crippen LogP contribution is -2.13. The third-order valence-corrected chi connectivity index (χ3v) is 6.01. The van der Waals surface area contributed by atoms with E-state index in [9.17, 15) is 0 Å².